The second-order valence-corrected chi connectivity index (χ2v) is 12.2. The van der Waals surface area contributed by atoms with Crippen molar-refractivity contribution < 1.29 is 12.6 Å². The highest BCUT2D eigenvalue weighted by atomic mass is 32.2. The summed E-state index contributed by atoms with van der Waals surface area (Å²) in [5.74, 6) is 3.09. The molecule has 0 heterocycles. The second kappa shape index (κ2) is 7.07. The molecule has 0 saturated carbocycles. The van der Waals surface area contributed by atoms with E-state index in [4.69, 9.17) is 4.18 Å². The molecule has 0 unspecified atom stereocenters. The lowest BCUT2D eigenvalue weighted by molar-refractivity contribution is 0.217. The quantitative estimate of drug-likeness (QED) is 0.477. The lowest BCUT2D eigenvalue weighted by atomic mass is 10.1. The maximum atomic E-state index is 11.3. The van der Waals surface area contributed by atoms with Crippen molar-refractivity contribution >= 4 is 18.2 Å². The van der Waals surface area contributed by atoms with E-state index in [0.717, 1.165) is 11.8 Å². The van der Waals surface area contributed by atoms with Crippen LogP contribution in [-0.4, -0.2) is 28.9 Å². The van der Waals surface area contributed by atoms with Crippen molar-refractivity contribution in [3.63, 3.8) is 0 Å². The lowest BCUT2D eigenvalue weighted by Gasteiger charge is -2.14. The summed E-state index contributed by atoms with van der Waals surface area (Å²) in [6.45, 7) is 6.47. The van der Waals surface area contributed by atoms with Gasteiger partial charge in [-0.2, -0.15) is 8.42 Å². The summed E-state index contributed by atoms with van der Waals surface area (Å²) < 4.78 is 27.8. The molecule has 1 aromatic carbocycles. The van der Waals surface area contributed by atoms with Crippen molar-refractivity contribution in [1.29, 1.82) is 0 Å². The maximum absolute atomic E-state index is 11.3. The van der Waals surface area contributed by atoms with Crippen molar-refractivity contribution in [1.82, 2.24) is 0 Å². The van der Waals surface area contributed by atoms with E-state index in [1.54, 1.807) is 0 Å². The topological polar surface area (TPSA) is 43.4 Å². The standard InChI is InChI=1S/C15H22O3SSi/c1-19(16,17)18-15(11-8-12-20(2,3)4)13-14-9-6-5-7-10-14/h5-7,9-10,15H,11,13H2,1-4H3/t15-/m0/s1. The van der Waals surface area contributed by atoms with Gasteiger partial charge in [0.05, 0.1) is 12.4 Å². The Balaban J connectivity index is 2.77. The van der Waals surface area contributed by atoms with Gasteiger partial charge in [0, 0.05) is 12.8 Å². The molecule has 0 aliphatic heterocycles. The maximum Gasteiger partial charge on any atom is 0.264 e. The molecule has 0 amide bonds. The summed E-state index contributed by atoms with van der Waals surface area (Å²) in [5, 5.41) is 0. The Hall–Kier alpha value is -1.09. The minimum absolute atomic E-state index is 0.420. The zero-order valence-electron chi connectivity index (χ0n) is 12.5. The zero-order chi connectivity index (χ0) is 15.2. The van der Waals surface area contributed by atoms with E-state index in [-0.39, 0.29) is 0 Å². The first kappa shape index (κ1) is 17.0. The number of hydrogen-bond donors (Lipinski definition) is 0. The van der Waals surface area contributed by atoms with Crippen molar-refractivity contribution in [2.24, 2.45) is 0 Å². The Kier molecular flexibility index (Phi) is 6.00. The van der Waals surface area contributed by atoms with Crippen molar-refractivity contribution in [2.75, 3.05) is 6.26 Å². The third-order valence-corrected chi connectivity index (χ3v) is 3.96. The molecule has 0 N–H and O–H groups in total. The predicted octanol–water partition coefficient (Wildman–Crippen LogP) is 2.84. The average molecular weight is 310 g/mol. The predicted molar refractivity (Wildman–Crippen MR) is 85.6 cm³/mol. The van der Waals surface area contributed by atoms with Gasteiger partial charge in [-0.1, -0.05) is 50.0 Å². The minimum Gasteiger partial charge on any atom is -0.266 e. The van der Waals surface area contributed by atoms with E-state index < -0.39 is 24.3 Å². The molecule has 110 valence electrons. The second-order valence-electron chi connectivity index (χ2n) is 5.87. The van der Waals surface area contributed by atoms with Crippen LogP contribution in [0.3, 0.4) is 0 Å². The van der Waals surface area contributed by atoms with Gasteiger partial charge in [0.2, 0.25) is 0 Å². The van der Waals surface area contributed by atoms with Gasteiger partial charge in [-0.3, -0.25) is 4.18 Å². The highest BCUT2D eigenvalue weighted by Gasteiger charge is 2.16. The molecule has 20 heavy (non-hydrogen) atoms. The minimum atomic E-state index is -3.47. The molecule has 0 saturated heterocycles. The molecule has 1 rings (SSSR count). The average Bonchev–Trinajstić information content (AvgIpc) is 2.26. The molecule has 0 aliphatic carbocycles. The third kappa shape index (κ3) is 8.15. The van der Waals surface area contributed by atoms with E-state index >= 15 is 0 Å². The van der Waals surface area contributed by atoms with Crippen LogP contribution in [0, 0.1) is 11.5 Å². The van der Waals surface area contributed by atoms with Crippen molar-refractivity contribution in [3.05, 3.63) is 35.9 Å². The van der Waals surface area contributed by atoms with Gasteiger partial charge in [0.25, 0.3) is 10.1 Å². The molecule has 0 aromatic heterocycles. The highest BCUT2D eigenvalue weighted by molar-refractivity contribution is 7.86. The summed E-state index contributed by atoms with van der Waals surface area (Å²) in [7, 11) is -4.91. The molecule has 3 nitrogen and oxygen atoms in total. The van der Waals surface area contributed by atoms with Crippen LogP contribution in [-0.2, 0) is 20.7 Å². The molecular weight excluding hydrogens is 288 g/mol. The van der Waals surface area contributed by atoms with Gasteiger partial charge in [0.15, 0.2) is 0 Å². The van der Waals surface area contributed by atoms with E-state index in [1.165, 1.54) is 0 Å². The fraction of sp³-hybridized carbons (Fsp3) is 0.467. The molecule has 0 aliphatic rings. The van der Waals surface area contributed by atoms with E-state index in [1.807, 2.05) is 30.3 Å². The Morgan fingerprint density at radius 1 is 1.20 bits per heavy atom. The monoisotopic (exact) mass is 310 g/mol. The third-order valence-electron chi connectivity index (χ3n) is 2.41. The Bertz CT molecular complexity index is 577. The van der Waals surface area contributed by atoms with Crippen LogP contribution >= 0.6 is 0 Å². The molecule has 5 heteroatoms. The van der Waals surface area contributed by atoms with Gasteiger partial charge in [-0.25, -0.2) is 0 Å². The van der Waals surface area contributed by atoms with Crippen LogP contribution in [0.2, 0.25) is 19.6 Å². The summed E-state index contributed by atoms with van der Waals surface area (Å²) in [5.41, 5.74) is 4.29. The normalized spacial score (nSPS) is 13.4. The SMILES string of the molecule is C[Si](C)(C)C#CC[C@@H](Cc1ccccc1)OS(C)(=O)=O. The molecule has 0 bridgehead atoms. The van der Waals surface area contributed by atoms with Gasteiger partial charge in [-0.05, 0) is 5.56 Å². The first-order chi connectivity index (χ1) is 9.16. The van der Waals surface area contributed by atoms with Crippen molar-refractivity contribution in [3.8, 4) is 11.5 Å². The number of hydrogen-bond acceptors (Lipinski definition) is 3. The zero-order valence-corrected chi connectivity index (χ0v) is 14.3. The Morgan fingerprint density at radius 3 is 2.30 bits per heavy atom. The smallest absolute Gasteiger partial charge is 0.264 e. The summed E-state index contributed by atoms with van der Waals surface area (Å²) in [6, 6.07) is 9.72. The first-order valence-corrected chi connectivity index (χ1v) is 11.9. The van der Waals surface area contributed by atoms with E-state index in [2.05, 4.69) is 31.1 Å². The highest BCUT2D eigenvalue weighted by Crippen LogP contribution is 2.11. The van der Waals surface area contributed by atoms with Gasteiger partial charge >= 0.3 is 0 Å². The van der Waals surface area contributed by atoms with E-state index in [9.17, 15) is 8.42 Å². The summed E-state index contributed by atoms with van der Waals surface area (Å²) in [4.78, 5) is 0. The molecule has 0 radical (unpaired) electrons. The van der Waals surface area contributed by atoms with Crippen LogP contribution in [0.5, 0.6) is 0 Å². The molecule has 1 aromatic rings. The molecule has 0 fully saturated rings. The fourth-order valence-corrected chi connectivity index (χ4v) is 2.96. The lowest BCUT2D eigenvalue weighted by Crippen LogP contribution is -2.21. The summed E-state index contributed by atoms with van der Waals surface area (Å²) in [6.07, 6.45) is 1.65. The van der Waals surface area contributed by atoms with Gasteiger partial charge in [-0.15, -0.1) is 11.5 Å². The molecule has 1 atom stereocenters. The van der Waals surface area contributed by atoms with Crippen LogP contribution < -0.4 is 0 Å². The fourth-order valence-electron chi connectivity index (χ4n) is 1.69. The first-order valence-electron chi connectivity index (χ1n) is 6.58. The van der Waals surface area contributed by atoms with Crippen LogP contribution in [0.25, 0.3) is 0 Å². The van der Waals surface area contributed by atoms with Crippen molar-refractivity contribution in [2.45, 2.75) is 38.6 Å². The van der Waals surface area contributed by atoms with Gasteiger partial charge in [0.1, 0.15) is 8.07 Å². The number of benzene rings is 1. The van der Waals surface area contributed by atoms with Gasteiger partial charge < -0.3 is 0 Å². The summed E-state index contributed by atoms with van der Waals surface area (Å²) >= 11 is 0. The van der Waals surface area contributed by atoms with Crippen LogP contribution in [0.4, 0.5) is 0 Å². The Morgan fingerprint density at radius 2 is 1.80 bits per heavy atom. The molecule has 0 spiro atoms. The molecular formula is C15H22O3SSi. The van der Waals surface area contributed by atoms with E-state index in [0.29, 0.717) is 12.8 Å². The Labute approximate surface area is 123 Å². The van der Waals surface area contributed by atoms with Crippen LogP contribution in [0.15, 0.2) is 30.3 Å². The number of rotatable bonds is 5. The largest absolute Gasteiger partial charge is 0.266 e. The van der Waals surface area contributed by atoms with Crippen LogP contribution in [0.1, 0.15) is 12.0 Å².